The van der Waals surface area contributed by atoms with Crippen LogP contribution in [0.4, 0.5) is 0 Å². The number of carbonyl (C=O) groups is 2. The molecule has 0 radical (unpaired) electrons. The molecule has 0 aromatic heterocycles. The predicted molar refractivity (Wildman–Crippen MR) is 78.9 cm³/mol. The maximum absolute atomic E-state index is 11.8. The zero-order valence-corrected chi connectivity index (χ0v) is 11.0. The summed E-state index contributed by atoms with van der Waals surface area (Å²) in [7, 11) is 0. The summed E-state index contributed by atoms with van der Waals surface area (Å²) in [6, 6.07) is 16.1. The largest absolute Gasteiger partial charge is 0.402 e. The molecule has 0 amide bonds. The van der Waals surface area contributed by atoms with E-state index < -0.39 is 5.97 Å². The molecular weight excluding hydrogens is 266 g/mol. The predicted octanol–water partition coefficient (Wildman–Crippen LogP) is 2.84. The molecule has 0 saturated heterocycles. The highest BCUT2D eigenvalue weighted by molar-refractivity contribution is 6.12. The zero-order valence-electron chi connectivity index (χ0n) is 11.0. The van der Waals surface area contributed by atoms with E-state index in [9.17, 15) is 9.59 Å². The first-order valence-corrected chi connectivity index (χ1v) is 6.39. The molecule has 0 atom stereocenters. The SMILES string of the molecule is O=Cc1cccc(C=C2N=C(c3ccccc3)OC2=O)c1. The van der Waals surface area contributed by atoms with E-state index in [0.717, 1.165) is 17.4 Å². The highest BCUT2D eigenvalue weighted by atomic mass is 16.6. The van der Waals surface area contributed by atoms with Crippen LogP contribution < -0.4 is 0 Å². The fourth-order valence-corrected chi connectivity index (χ4v) is 1.99. The van der Waals surface area contributed by atoms with Crippen molar-refractivity contribution in [2.75, 3.05) is 0 Å². The number of cyclic esters (lactones) is 1. The van der Waals surface area contributed by atoms with Gasteiger partial charge in [0.25, 0.3) is 0 Å². The first kappa shape index (κ1) is 13.0. The number of esters is 1. The Kier molecular flexibility index (Phi) is 3.43. The van der Waals surface area contributed by atoms with Gasteiger partial charge in [-0.25, -0.2) is 9.79 Å². The van der Waals surface area contributed by atoms with Crippen molar-refractivity contribution in [2.45, 2.75) is 0 Å². The normalized spacial score (nSPS) is 15.7. The Hall–Kier alpha value is -3.01. The molecule has 0 spiro atoms. The van der Waals surface area contributed by atoms with E-state index in [0.29, 0.717) is 11.5 Å². The monoisotopic (exact) mass is 277 g/mol. The molecule has 0 aliphatic carbocycles. The maximum atomic E-state index is 11.8. The van der Waals surface area contributed by atoms with Crippen LogP contribution >= 0.6 is 0 Å². The van der Waals surface area contributed by atoms with Gasteiger partial charge in [0.2, 0.25) is 5.90 Å². The molecule has 0 N–H and O–H groups in total. The Morgan fingerprint density at radius 2 is 1.71 bits per heavy atom. The van der Waals surface area contributed by atoms with E-state index in [1.165, 1.54) is 0 Å². The zero-order chi connectivity index (χ0) is 14.7. The second kappa shape index (κ2) is 5.54. The lowest BCUT2D eigenvalue weighted by molar-refractivity contribution is -0.129. The van der Waals surface area contributed by atoms with Crippen LogP contribution in [0, 0.1) is 0 Å². The topological polar surface area (TPSA) is 55.7 Å². The second-order valence-electron chi connectivity index (χ2n) is 4.49. The summed E-state index contributed by atoms with van der Waals surface area (Å²) in [6.07, 6.45) is 2.36. The Morgan fingerprint density at radius 1 is 0.952 bits per heavy atom. The standard InChI is InChI=1S/C17H11NO3/c19-11-13-6-4-5-12(9-13)10-15-17(20)21-16(18-15)14-7-2-1-3-8-14/h1-11H. The van der Waals surface area contributed by atoms with E-state index >= 15 is 0 Å². The van der Waals surface area contributed by atoms with Crippen molar-refractivity contribution in [1.82, 2.24) is 0 Å². The van der Waals surface area contributed by atoms with Crippen LogP contribution in [0.25, 0.3) is 6.08 Å². The number of hydrogen-bond acceptors (Lipinski definition) is 4. The van der Waals surface area contributed by atoms with Gasteiger partial charge in [-0.2, -0.15) is 0 Å². The van der Waals surface area contributed by atoms with Crippen LogP contribution in [0.2, 0.25) is 0 Å². The third kappa shape index (κ3) is 2.79. The van der Waals surface area contributed by atoms with Crippen LogP contribution in [-0.2, 0) is 9.53 Å². The van der Waals surface area contributed by atoms with Gasteiger partial charge in [-0.3, -0.25) is 4.79 Å². The van der Waals surface area contributed by atoms with Crippen molar-refractivity contribution in [3.8, 4) is 0 Å². The lowest BCUT2D eigenvalue weighted by Crippen LogP contribution is -2.04. The number of ether oxygens (including phenoxy) is 1. The van der Waals surface area contributed by atoms with Crippen molar-refractivity contribution in [3.63, 3.8) is 0 Å². The van der Waals surface area contributed by atoms with Crippen molar-refractivity contribution < 1.29 is 14.3 Å². The van der Waals surface area contributed by atoms with Gasteiger partial charge in [-0.1, -0.05) is 36.4 Å². The van der Waals surface area contributed by atoms with Crippen molar-refractivity contribution in [3.05, 3.63) is 77.0 Å². The van der Waals surface area contributed by atoms with Crippen LogP contribution in [0.3, 0.4) is 0 Å². The third-order valence-electron chi connectivity index (χ3n) is 2.99. The average Bonchev–Trinajstić information content (AvgIpc) is 2.89. The molecule has 0 fully saturated rings. The summed E-state index contributed by atoms with van der Waals surface area (Å²) in [4.78, 5) is 26.8. The molecule has 102 valence electrons. The lowest BCUT2D eigenvalue weighted by atomic mass is 10.1. The van der Waals surface area contributed by atoms with Crippen LogP contribution in [0.5, 0.6) is 0 Å². The van der Waals surface area contributed by atoms with Gasteiger partial charge in [-0.15, -0.1) is 0 Å². The van der Waals surface area contributed by atoms with E-state index in [2.05, 4.69) is 4.99 Å². The van der Waals surface area contributed by atoms with Gasteiger partial charge >= 0.3 is 5.97 Å². The van der Waals surface area contributed by atoms with Crippen LogP contribution in [0.15, 0.2) is 65.3 Å². The highest BCUT2D eigenvalue weighted by Crippen LogP contribution is 2.19. The Morgan fingerprint density at radius 3 is 2.48 bits per heavy atom. The summed E-state index contributed by atoms with van der Waals surface area (Å²) >= 11 is 0. The molecule has 1 aliphatic heterocycles. The smallest absolute Gasteiger partial charge is 0.363 e. The lowest BCUT2D eigenvalue weighted by Gasteiger charge is -1.97. The Labute approximate surface area is 121 Å². The van der Waals surface area contributed by atoms with E-state index in [1.807, 2.05) is 30.3 Å². The average molecular weight is 277 g/mol. The number of carbonyl (C=O) groups excluding carboxylic acids is 2. The molecule has 4 nitrogen and oxygen atoms in total. The Balaban J connectivity index is 1.95. The number of rotatable bonds is 3. The van der Waals surface area contributed by atoms with Gasteiger partial charge in [0.1, 0.15) is 6.29 Å². The molecule has 1 aliphatic rings. The molecule has 0 unspecified atom stereocenters. The highest BCUT2D eigenvalue weighted by Gasteiger charge is 2.23. The molecular formula is C17H11NO3. The molecule has 3 rings (SSSR count). The minimum absolute atomic E-state index is 0.219. The van der Waals surface area contributed by atoms with Gasteiger partial charge in [0.15, 0.2) is 5.70 Å². The van der Waals surface area contributed by atoms with Crippen LogP contribution in [0.1, 0.15) is 21.5 Å². The maximum Gasteiger partial charge on any atom is 0.363 e. The van der Waals surface area contributed by atoms with E-state index in [4.69, 9.17) is 4.74 Å². The Bertz CT molecular complexity index is 761. The van der Waals surface area contributed by atoms with Crippen molar-refractivity contribution >= 4 is 24.2 Å². The second-order valence-corrected chi connectivity index (χ2v) is 4.49. The number of aliphatic imine (C=N–C) groups is 1. The fourth-order valence-electron chi connectivity index (χ4n) is 1.99. The van der Waals surface area contributed by atoms with E-state index in [-0.39, 0.29) is 5.70 Å². The first-order valence-electron chi connectivity index (χ1n) is 6.39. The summed E-state index contributed by atoms with van der Waals surface area (Å²) in [5, 5.41) is 0. The summed E-state index contributed by atoms with van der Waals surface area (Å²) < 4.78 is 5.16. The molecule has 0 bridgehead atoms. The van der Waals surface area contributed by atoms with Gasteiger partial charge in [0, 0.05) is 11.1 Å². The third-order valence-corrected chi connectivity index (χ3v) is 2.99. The van der Waals surface area contributed by atoms with Crippen LogP contribution in [-0.4, -0.2) is 18.2 Å². The fraction of sp³-hybridized carbons (Fsp3) is 0. The van der Waals surface area contributed by atoms with Gasteiger partial charge < -0.3 is 4.74 Å². The number of hydrogen-bond donors (Lipinski definition) is 0. The molecule has 4 heteroatoms. The molecule has 2 aromatic rings. The first-order chi connectivity index (χ1) is 10.3. The number of nitrogens with zero attached hydrogens (tertiary/aromatic N) is 1. The van der Waals surface area contributed by atoms with Gasteiger partial charge in [0.05, 0.1) is 0 Å². The molecule has 0 saturated carbocycles. The molecule has 1 heterocycles. The van der Waals surface area contributed by atoms with Gasteiger partial charge in [-0.05, 0) is 29.8 Å². The minimum atomic E-state index is -0.495. The van der Waals surface area contributed by atoms with Crippen molar-refractivity contribution in [1.29, 1.82) is 0 Å². The summed E-state index contributed by atoms with van der Waals surface area (Å²) in [5.74, 6) is -0.205. The number of aldehydes is 1. The molecule has 21 heavy (non-hydrogen) atoms. The van der Waals surface area contributed by atoms with Crippen molar-refractivity contribution in [2.24, 2.45) is 4.99 Å². The molecule has 2 aromatic carbocycles. The van der Waals surface area contributed by atoms with E-state index in [1.54, 1.807) is 30.3 Å². The summed E-state index contributed by atoms with van der Waals surface area (Å²) in [6.45, 7) is 0. The number of benzene rings is 2. The minimum Gasteiger partial charge on any atom is -0.402 e. The quantitative estimate of drug-likeness (QED) is 0.492. The summed E-state index contributed by atoms with van der Waals surface area (Å²) in [5.41, 5.74) is 2.24.